The molecular weight excluding hydrogens is 258 g/mol. The largest absolute Gasteiger partial charge is 0.468 e. The van der Waals surface area contributed by atoms with Gasteiger partial charge in [-0.2, -0.15) is 0 Å². The molecule has 0 fully saturated rings. The Kier molecular flexibility index (Phi) is 4.92. The minimum atomic E-state index is -0.432. The number of primary amides is 1. The Morgan fingerprint density at radius 3 is 2.60 bits per heavy atom. The lowest BCUT2D eigenvalue weighted by Crippen LogP contribution is -2.10. The molecule has 106 valence electrons. The first-order chi connectivity index (χ1) is 9.70. The van der Waals surface area contributed by atoms with E-state index >= 15 is 0 Å². The van der Waals surface area contributed by atoms with E-state index in [2.05, 4.69) is 0 Å². The molecule has 20 heavy (non-hydrogen) atoms. The van der Waals surface area contributed by atoms with Crippen molar-refractivity contribution >= 4 is 16.7 Å². The van der Waals surface area contributed by atoms with Crippen molar-refractivity contribution in [3.8, 4) is 5.75 Å². The van der Waals surface area contributed by atoms with Crippen LogP contribution in [0.4, 0.5) is 0 Å². The number of carbonyl (C=O) groups is 1. The van der Waals surface area contributed by atoms with E-state index in [4.69, 9.17) is 19.9 Å². The molecule has 0 aliphatic heterocycles. The summed E-state index contributed by atoms with van der Waals surface area (Å²) in [6, 6.07) is 10.9. The second kappa shape index (κ2) is 6.88. The van der Waals surface area contributed by atoms with Crippen LogP contribution in [0.5, 0.6) is 5.75 Å². The molecule has 0 saturated heterocycles. The topological polar surface area (TPSA) is 70.8 Å². The maximum absolute atomic E-state index is 11.1. The Morgan fingerprint density at radius 1 is 1.10 bits per heavy atom. The first-order valence-corrected chi connectivity index (χ1v) is 6.24. The van der Waals surface area contributed by atoms with Crippen molar-refractivity contribution in [2.24, 2.45) is 5.73 Å². The molecule has 5 nitrogen and oxygen atoms in total. The third-order valence-corrected chi connectivity index (χ3v) is 2.84. The number of methoxy groups -OCH3 is 1. The summed E-state index contributed by atoms with van der Waals surface area (Å²) in [4.78, 5) is 11.1. The highest BCUT2D eigenvalue weighted by Gasteiger charge is 2.03. The van der Waals surface area contributed by atoms with Gasteiger partial charge in [0.15, 0.2) is 6.79 Å². The summed E-state index contributed by atoms with van der Waals surface area (Å²) in [6.07, 6.45) is 0. The average molecular weight is 275 g/mol. The second-order valence-corrected chi connectivity index (χ2v) is 4.25. The van der Waals surface area contributed by atoms with E-state index in [9.17, 15) is 4.79 Å². The predicted octanol–water partition coefficient (Wildman–Crippen LogP) is 1.94. The fourth-order valence-electron chi connectivity index (χ4n) is 1.78. The number of fused-ring (bicyclic) bond motifs is 1. The molecule has 1 amide bonds. The van der Waals surface area contributed by atoms with Crippen LogP contribution in [-0.4, -0.2) is 33.0 Å². The highest BCUT2D eigenvalue weighted by Crippen LogP contribution is 2.22. The minimum Gasteiger partial charge on any atom is -0.468 e. The van der Waals surface area contributed by atoms with Crippen molar-refractivity contribution < 1.29 is 19.0 Å². The molecule has 2 N–H and O–H groups in total. The van der Waals surface area contributed by atoms with Crippen molar-refractivity contribution in [2.45, 2.75) is 0 Å². The van der Waals surface area contributed by atoms with E-state index < -0.39 is 5.91 Å². The zero-order valence-corrected chi connectivity index (χ0v) is 11.3. The van der Waals surface area contributed by atoms with Crippen LogP contribution in [0.3, 0.4) is 0 Å². The van der Waals surface area contributed by atoms with E-state index in [1.54, 1.807) is 19.2 Å². The number of benzene rings is 2. The molecule has 0 unspecified atom stereocenters. The normalized spacial score (nSPS) is 10.7. The van der Waals surface area contributed by atoms with E-state index in [0.717, 1.165) is 10.8 Å². The first-order valence-electron chi connectivity index (χ1n) is 6.24. The minimum absolute atomic E-state index is 0.175. The number of ether oxygens (including phenoxy) is 3. The van der Waals surface area contributed by atoms with Gasteiger partial charge in [-0.1, -0.05) is 12.1 Å². The molecule has 0 bridgehead atoms. The van der Waals surface area contributed by atoms with Crippen molar-refractivity contribution in [1.29, 1.82) is 0 Å². The molecule has 5 heteroatoms. The van der Waals surface area contributed by atoms with Gasteiger partial charge < -0.3 is 19.9 Å². The van der Waals surface area contributed by atoms with Gasteiger partial charge in [0.25, 0.3) is 0 Å². The fraction of sp³-hybridized carbons (Fsp3) is 0.267. The molecule has 0 atom stereocenters. The molecule has 0 heterocycles. The molecular formula is C15H17NO4. The average Bonchev–Trinajstić information content (AvgIpc) is 2.46. The summed E-state index contributed by atoms with van der Waals surface area (Å²) >= 11 is 0. The zero-order valence-electron chi connectivity index (χ0n) is 11.3. The Hall–Kier alpha value is -2.11. The second-order valence-electron chi connectivity index (χ2n) is 4.25. The van der Waals surface area contributed by atoms with Gasteiger partial charge in [0.05, 0.1) is 13.2 Å². The number of carbonyl (C=O) groups excluding carboxylic acids is 1. The lowest BCUT2D eigenvalue weighted by molar-refractivity contribution is -0.00841. The van der Waals surface area contributed by atoms with Crippen molar-refractivity contribution in [3.05, 3.63) is 42.0 Å². The van der Waals surface area contributed by atoms with Crippen molar-refractivity contribution in [1.82, 2.24) is 0 Å². The van der Waals surface area contributed by atoms with Crippen LogP contribution in [0.2, 0.25) is 0 Å². The summed E-state index contributed by atoms with van der Waals surface area (Å²) in [5, 5.41) is 1.92. The smallest absolute Gasteiger partial charge is 0.248 e. The summed E-state index contributed by atoms with van der Waals surface area (Å²) < 4.78 is 15.6. The first kappa shape index (κ1) is 14.3. The molecule has 2 aromatic rings. The van der Waals surface area contributed by atoms with E-state index in [1.807, 2.05) is 24.3 Å². The fourth-order valence-corrected chi connectivity index (χ4v) is 1.78. The van der Waals surface area contributed by atoms with Gasteiger partial charge in [0, 0.05) is 12.7 Å². The van der Waals surface area contributed by atoms with E-state index in [-0.39, 0.29) is 6.79 Å². The quantitative estimate of drug-likeness (QED) is 0.619. The van der Waals surface area contributed by atoms with Gasteiger partial charge in [0.1, 0.15) is 5.75 Å². The van der Waals surface area contributed by atoms with Crippen LogP contribution in [0, 0.1) is 0 Å². The van der Waals surface area contributed by atoms with Crippen LogP contribution >= 0.6 is 0 Å². The summed E-state index contributed by atoms with van der Waals surface area (Å²) in [5.74, 6) is 0.278. The highest BCUT2D eigenvalue weighted by molar-refractivity contribution is 5.97. The summed E-state index contributed by atoms with van der Waals surface area (Å²) in [6.45, 7) is 1.21. The van der Waals surface area contributed by atoms with Crippen LogP contribution in [0.15, 0.2) is 36.4 Å². The van der Waals surface area contributed by atoms with Crippen LogP contribution in [0.1, 0.15) is 10.4 Å². The van der Waals surface area contributed by atoms with Gasteiger partial charge in [-0.25, -0.2) is 0 Å². The molecule has 0 aliphatic rings. The monoisotopic (exact) mass is 275 g/mol. The van der Waals surface area contributed by atoms with Gasteiger partial charge in [0.2, 0.25) is 5.91 Å². The zero-order chi connectivity index (χ0) is 14.4. The van der Waals surface area contributed by atoms with Crippen LogP contribution in [-0.2, 0) is 9.47 Å². The highest BCUT2D eigenvalue weighted by atomic mass is 16.7. The summed E-state index contributed by atoms with van der Waals surface area (Å²) in [7, 11) is 1.62. The predicted molar refractivity (Wildman–Crippen MR) is 75.8 cm³/mol. The Labute approximate surface area is 117 Å². The van der Waals surface area contributed by atoms with E-state index in [1.165, 1.54) is 0 Å². The third-order valence-electron chi connectivity index (χ3n) is 2.84. The van der Waals surface area contributed by atoms with Crippen LogP contribution in [0.25, 0.3) is 10.8 Å². The molecule has 0 aliphatic carbocycles. The van der Waals surface area contributed by atoms with E-state index in [0.29, 0.717) is 24.5 Å². The molecule has 0 aromatic heterocycles. The van der Waals surface area contributed by atoms with Gasteiger partial charge in [-0.3, -0.25) is 4.79 Å². The maximum atomic E-state index is 11.1. The summed E-state index contributed by atoms with van der Waals surface area (Å²) in [5.41, 5.74) is 5.74. The van der Waals surface area contributed by atoms with Crippen molar-refractivity contribution in [3.63, 3.8) is 0 Å². The lowest BCUT2D eigenvalue weighted by atomic mass is 10.1. The van der Waals surface area contributed by atoms with Crippen LogP contribution < -0.4 is 10.5 Å². The van der Waals surface area contributed by atoms with Crippen molar-refractivity contribution in [2.75, 3.05) is 27.1 Å². The Balaban J connectivity index is 2.02. The van der Waals surface area contributed by atoms with Gasteiger partial charge in [-0.15, -0.1) is 0 Å². The Bertz CT molecular complexity index is 597. The SMILES string of the molecule is COCCOCOc1ccc2cc(C(N)=O)ccc2c1. The number of hydrogen-bond acceptors (Lipinski definition) is 4. The lowest BCUT2D eigenvalue weighted by Gasteiger charge is -2.08. The number of hydrogen-bond donors (Lipinski definition) is 1. The molecule has 2 rings (SSSR count). The standard InChI is InChI=1S/C15H17NO4/c1-18-6-7-19-10-20-14-5-4-11-8-13(15(16)17)3-2-12(11)9-14/h2-5,8-9H,6-7,10H2,1H3,(H2,16,17). The molecule has 0 radical (unpaired) electrons. The molecule has 2 aromatic carbocycles. The maximum Gasteiger partial charge on any atom is 0.248 e. The Morgan fingerprint density at radius 2 is 1.85 bits per heavy atom. The molecule has 0 saturated carbocycles. The molecule has 0 spiro atoms. The number of rotatable bonds is 7. The van der Waals surface area contributed by atoms with Gasteiger partial charge >= 0.3 is 0 Å². The third kappa shape index (κ3) is 3.69. The number of amides is 1. The van der Waals surface area contributed by atoms with Gasteiger partial charge in [-0.05, 0) is 35.0 Å². The number of nitrogens with two attached hydrogens (primary N) is 1.